The third kappa shape index (κ3) is 6.15. The number of benzene rings is 3. The molecule has 0 amide bonds. The summed E-state index contributed by atoms with van der Waals surface area (Å²) in [5.41, 5.74) is 2.75. The maximum atomic E-state index is 11.3. The monoisotopic (exact) mass is 386 g/mol. The fourth-order valence-electron chi connectivity index (χ4n) is 2.80. The summed E-state index contributed by atoms with van der Waals surface area (Å²) in [6.07, 6.45) is -0.0497. The summed E-state index contributed by atoms with van der Waals surface area (Å²) in [6, 6.07) is 24.7. The van der Waals surface area contributed by atoms with Crippen LogP contribution in [0, 0.1) is 11.8 Å². The van der Waals surface area contributed by atoms with Crippen LogP contribution in [0.15, 0.2) is 78.9 Å². The molecule has 0 saturated heterocycles. The lowest BCUT2D eigenvalue weighted by molar-refractivity contribution is -0.137. The Kier molecular flexibility index (Phi) is 6.91. The van der Waals surface area contributed by atoms with E-state index in [2.05, 4.69) is 11.8 Å². The zero-order valence-corrected chi connectivity index (χ0v) is 16.2. The Balaban J connectivity index is 1.68. The fourth-order valence-corrected chi connectivity index (χ4v) is 2.80. The normalized spacial score (nSPS) is 11.1. The van der Waals surface area contributed by atoms with Gasteiger partial charge in [-0.2, -0.15) is 0 Å². The highest BCUT2D eigenvalue weighted by Gasteiger charge is 2.13. The Morgan fingerprint density at radius 3 is 2.21 bits per heavy atom. The molecule has 0 aliphatic carbocycles. The molecule has 0 aliphatic heterocycles. The van der Waals surface area contributed by atoms with Crippen molar-refractivity contribution in [2.24, 2.45) is 0 Å². The van der Waals surface area contributed by atoms with E-state index in [-0.39, 0.29) is 12.3 Å². The van der Waals surface area contributed by atoms with Crippen molar-refractivity contribution in [2.75, 3.05) is 7.11 Å². The number of carboxylic acids is 1. The van der Waals surface area contributed by atoms with Crippen molar-refractivity contribution in [2.45, 2.75) is 18.9 Å². The molecule has 3 aromatic carbocycles. The molecule has 29 heavy (non-hydrogen) atoms. The van der Waals surface area contributed by atoms with E-state index in [4.69, 9.17) is 9.47 Å². The van der Waals surface area contributed by atoms with E-state index in [0.29, 0.717) is 6.61 Å². The first-order chi connectivity index (χ1) is 14.1. The van der Waals surface area contributed by atoms with Crippen LogP contribution < -0.4 is 9.47 Å². The summed E-state index contributed by atoms with van der Waals surface area (Å²) >= 11 is 0. The highest BCUT2D eigenvalue weighted by Crippen LogP contribution is 2.23. The van der Waals surface area contributed by atoms with E-state index >= 15 is 0 Å². The second-order valence-electron chi connectivity index (χ2n) is 6.49. The Bertz CT molecular complexity index is 981. The molecule has 1 N–H and O–H groups in total. The summed E-state index contributed by atoms with van der Waals surface area (Å²) in [6.45, 7) is 0.440. The highest BCUT2D eigenvalue weighted by atomic mass is 16.5. The van der Waals surface area contributed by atoms with Gasteiger partial charge >= 0.3 is 5.97 Å². The number of rotatable bonds is 7. The second-order valence-corrected chi connectivity index (χ2v) is 6.49. The molecule has 0 saturated carbocycles. The molecule has 4 nitrogen and oxygen atoms in total. The average Bonchev–Trinajstić information content (AvgIpc) is 2.76. The first kappa shape index (κ1) is 20.0. The van der Waals surface area contributed by atoms with Crippen molar-refractivity contribution in [1.29, 1.82) is 0 Å². The molecular formula is C25H22O4. The van der Waals surface area contributed by atoms with Crippen molar-refractivity contribution >= 4 is 5.97 Å². The molecule has 146 valence electrons. The largest absolute Gasteiger partial charge is 0.497 e. The Labute approximate surface area is 170 Å². The summed E-state index contributed by atoms with van der Waals surface area (Å²) in [5.74, 6) is 6.41. The topological polar surface area (TPSA) is 55.8 Å². The van der Waals surface area contributed by atoms with E-state index in [1.54, 1.807) is 7.11 Å². The SMILES string of the molecule is COc1ccc(COc2ccc(C(C#Cc3ccccc3)CC(=O)O)cc2)cc1. The molecule has 0 aliphatic rings. The molecular weight excluding hydrogens is 364 g/mol. The van der Waals surface area contributed by atoms with E-state index in [0.717, 1.165) is 28.2 Å². The summed E-state index contributed by atoms with van der Waals surface area (Å²) < 4.78 is 11.0. The lowest BCUT2D eigenvalue weighted by Crippen LogP contribution is -2.05. The Morgan fingerprint density at radius 1 is 0.931 bits per heavy atom. The lowest BCUT2D eigenvalue weighted by Gasteiger charge is -2.11. The van der Waals surface area contributed by atoms with Gasteiger partial charge < -0.3 is 14.6 Å². The van der Waals surface area contributed by atoms with Crippen molar-refractivity contribution in [3.63, 3.8) is 0 Å². The van der Waals surface area contributed by atoms with Gasteiger partial charge in [-0.25, -0.2) is 0 Å². The van der Waals surface area contributed by atoms with Crippen molar-refractivity contribution in [3.05, 3.63) is 95.6 Å². The van der Waals surface area contributed by atoms with E-state index in [1.165, 1.54) is 0 Å². The smallest absolute Gasteiger partial charge is 0.304 e. The molecule has 3 aromatic rings. The summed E-state index contributed by atoms with van der Waals surface area (Å²) in [7, 11) is 1.63. The van der Waals surface area contributed by atoms with Crippen molar-refractivity contribution < 1.29 is 19.4 Å². The third-order valence-electron chi connectivity index (χ3n) is 4.39. The van der Waals surface area contributed by atoms with Gasteiger partial charge in [-0.15, -0.1) is 0 Å². The van der Waals surface area contributed by atoms with E-state index in [1.807, 2.05) is 78.9 Å². The predicted molar refractivity (Wildman–Crippen MR) is 112 cm³/mol. The van der Waals surface area contributed by atoms with Gasteiger partial charge in [0.25, 0.3) is 0 Å². The second kappa shape index (κ2) is 10.0. The molecule has 0 aromatic heterocycles. The van der Waals surface area contributed by atoms with E-state index < -0.39 is 5.97 Å². The van der Waals surface area contributed by atoms with Crippen molar-refractivity contribution in [1.82, 2.24) is 0 Å². The molecule has 0 heterocycles. The molecule has 1 atom stereocenters. The highest BCUT2D eigenvalue weighted by molar-refractivity contribution is 5.69. The van der Waals surface area contributed by atoms with Crippen LogP contribution in [0.1, 0.15) is 29.0 Å². The van der Waals surface area contributed by atoms with Gasteiger partial charge in [0.15, 0.2) is 0 Å². The minimum atomic E-state index is -0.878. The van der Waals surface area contributed by atoms with Gasteiger partial charge in [0.1, 0.15) is 18.1 Å². The summed E-state index contributed by atoms with van der Waals surface area (Å²) in [4.78, 5) is 11.3. The van der Waals surface area contributed by atoms with Crippen LogP contribution >= 0.6 is 0 Å². The predicted octanol–water partition coefficient (Wildman–Crippen LogP) is 4.88. The van der Waals surface area contributed by atoms with Crippen LogP contribution in [0.3, 0.4) is 0 Å². The molecule has 3 rings (SSSR count). The van der Waals surface area contributed by atoms with Crippen molar-refractivity contribution in [3.8, 4) is 23.3 Å². The molecule has 1 unspecified atom stereocenters. The number of methoxy groups -OCH3 is 1. The van der Waals surface area contributed by atoms with Gasteiger partial charge in [-0.1, -0.05) is 54.3 Å². The number of carboxylic acid groups (broad SMARTS) is 1. The number of carbonyl (C=O) groups is 1. The number of hydrogen-bond acceptors (Lipinski definition) is 3. The van der Waals surface area contributed by atoms with Crippen LogP contribution in [0.25, 0.3) is 0 Å². The fraction of sp³-hybridized carbons (Fsp3) is 0.160. The van der Waals surface area contributed by atoms with Gasteiger partial charge in [-0.05, 0) is 47.5 Å². The van der Waals surface area contributed by atoms with Gasteiger partial charge in [0.05, 0.1) is 19.4 Å². The molecule has 0 spiro atoms. The van der Waals surface area contributed by atoms with Crippen LogP contribution in [0.4, 0.5) is 0 Å². The quantitative estimate of drug-likeness (QED) is 0.588. The third-order valence-corrected chi connectivity index (χ3v) is 4.39. The molecule has 0 bridgehead atoms. The van der Waals surface area contributed by atoms with Gasteiger partial charge in [0, 0.05) is 5.56 Å². The Morgan fingerprint density at radius 2 is 1.59 bits per heavy atom. The van der Waals surface area contributed by atoms with Crippen LogP contribution in [-0.2, 0) is 11.4 Å². The maximum Gasteiger partial charge on any atom is 0.304 e. The van der Waals surface area contributed by atoms with Crippen LogP contribution in [-0.4, -0.2) is 18.2 Å². The standard InChI is InChI=1S/C25H22O4/c1-28-23-13-8-20(9-14-23)18-29-24-15-11-21(12-16-24)22(17-25(26)27)10-7-19-5-3-2-4-6-19/h2-6,8-9,11-16,22H,17-18H2,1H3,(H,26,27). The Hall–Kier alpha value is -3.71. The molecule has 4 heteroatoms. The first-order valence-corrected chi connectivity index (χ1v) is 9.28. The molecule has 0 radical (unpaired) electrons. The van der Waals surface area contributed by atoms with Gasteiger partial charge in [0.2, 0.25) is 0 Å². The number of aliphatic carboxylic acids is 1. The van der Waals surface area contributed by atoms with Crippen LogP contribution in [0.2, 0.25) is 0 Å². The maximum absolute atomic E-state index is 11.3. The summed E-state index contributed by atoms with van der Waals surface area (Å²) in [5, 5.41) is 9.24. The minimum Gasteiger partial charge on any atom is -0.497 e. The zero-order valence-electron chi connectivity index (χ0n) is 16.2. The average molecular weight is 386 g/mol. The van der Waals surface area contributed by atoms with Crippen LogP contribution in [0.5, 0.6) is 11.5 Å². The van der Waals surface area contributed by atoms with E-state index in [9.17, 15) is 9.90 Å². The van der Waals surface area contributed by atoms with Gasteiger partial charge in [-0.3, -0.25) is 4.79 Å². The number of hydrogen-bond donors (Lipinski definition) is 1. The first-order valence-electron chi connectivity index (χ1n) is 9.28. The lowest BCUT2D eigenvalue weighted by atomic mass is 9.96. The number of ether oxygens (including phenoxy) is 2. The molecule has 0 fully saturated rings. The minimum absolute atomic E-state index is 0.0497. The zero-order chi connectivity index (χ0) is 20.5.